The molecule has 0 radical (unpaired) electrons. The Kier molecular flexibility index (Phi) is 4.77. The molecule has 2 saturated heterocycles. The molecule has 2 fully saturated rings. The summed E-state index contributed by atoms with van der Waals surface area (Å²) in [5.74, 6) is -5.38. The van der Waals surface area contributed by atoms with Crippen molar-refractivity contribution in [3.8, 4) is 5.75 Å². The van der Waals surface area contributed by atoms with Crippen molar-refractivity contribution in [3.05, 3.63) is 64.5 Å². The number of morpholine rings is 1. The van der Waals surface area contributed by atoms with Gasteiger partial charge in [-0.15, -0.1) is 0 Å². The van der Waals surface area contributed by atoms with Crippen LogP contribution in [0.5, 0.6) is 5.75 Å². The Morgan fingerprint density at radius 1 is 1.14 bits per heavy atom. The number of hydrogen-bond acceptors (Lipinski definition) is 6. The molecule has 5 rings (SSSR count). The van der Waals surface area contributed by atoms with Crippen molar-refractivity contribution in [2.45, 2.75) is 64.5 Å². The molecular weight excluding hydrogens is 465 g/mol. The Balaban J connectivity index is 1.44. The molecule has 0 saturated carbocycles. The van der Waals surface area contributed by atoms with Gasteiger partial charge in [-0.2, -0.15) is 0 Å². The molecule has 0 aromatic heterocycles. The molecule has 0 spiro atoms. The van der Waals surface area contributed by atoms with Gasteiger partial charge < -0.3 is 14.4 Å². The maximum Gasteiger partial charge on any atom is 0.255 e. The van der Waals surface area contributed by atoms with Gasteiger partial charge >= 0.3 is 0 Å². The van der Waals surface area contributed by atoms with Crippen LogP contribution in [-0.4, -0.2) is 58.8 Å². The van der Waals surface area contributed by atoms with Gasteiger partial charge in [0.05, 0.1) is 22.8 Å². The summed E-state index contributed by atoms with van der Waals surface area (Å²) >= 11 is 0. The van der Waals surface area contributed by atoms with Gasteiger partial charge in [-0.25, -0.2) is 4.39 Å². The summed E-state index contributed by atoms with van der Waals surface area (Å²) in [5.41, 5.74) is -0.235. The predicted octanol–water partition coefficient (Wildman–Crippen LogP) is 2.77. The third-order valence-corrected chi connectivity index (χ3v) is 6.07. The van der Waals surface area contributed by atoms with Crippen LogP contribution >= 0.6 is 0 Å². The number of piperidine rings is 1. The number of benzene rings is 2. The van der Waals surface area contributed by atoms with E-state index in [4.69, 9.17) is 19.1 Å². The zero-order chi connectivity index (χ0) is 31.7. The molecule has 2 aromatic rings. The number of imide groups is 1. The van der Waals surface area contributed by atoms with Gasteiger partial charge in [-0.05, 0) is 32.4 Å². The lowest BCUT2D eigenvalue weighted by Crippen LogP contribution is -2.52. The Hall–Kier alpha value is -3.30. The fourth-order valence-electron chi connectivity index (χ4n) is 4.59. The standard InChI is InChI=1S/C27H30FN3O5/c1-16-11-30(12-17(2)36-16)13-18-5-3-6-19(25(18)28)15-35-23-8-4-7-20-21(23)14-31(27(20)34)22-9-10-24(32)29-26(22)33/h3-8,16-17,22H,9-15H2,1-2H3,(H,29,32,33)/i9D2,10D2,14D2,22D. The van der Waals surface area contributed by atoms with Crippen molar-refractivity contribution in [1.29, 1.82) is 0 Å². The molecule has 3 unspecified atom stereocenters. The van der Waals surface area contributed by atoms with Gasteiger partial charge in [0.2, 0.25) is 11.8 Å². The molecule has 190 valence electrons. The molecule has 1 N–H and O–H groups in total. The van der Waals surface area contributed by atoms with Crippen molar-refractivity contribution in [2.75, 3.05) is 13.1 Å². The van der Waals surface area contributed by atoms with Crippen molar-refractivity contribution in [3.63, 3.8) is 0 Å². The summed E-state index contributed by atoms with van der Waals surface area (Å²) < 4.78 is 85.7. The van der Waals surface area contributed by atoms with Gasteiger partial charge in [0.1, 0.15) is 24.2 Å². The first-order chi connectivity index (χ1) is 19.9. The summed E-state index contributed by atoms with van der Waals surface area (Å²) in [6, 6.07) is 5.11. The van der Waals surface area contributed by atoms with Gasteiger partial charge in [0.25, 0.3) is 5.91 Å². The van der Waals surface area contributed by atoms with E-state index in [1.165, 1.54) is 24.3 Å². The van der Waals surface area contributed by atoms with E-state index < -0.39 is 54.4 Å². The van der Waals surface area contributed by atoms with E-state index >= 15 is 4.39 Å². The molecule has 0 bridgehead atoms. The number of halogens is 1. The quantitative estimate of drug-likeness (QED) is 0.612. The molecule has 8 nitrogen and oxygen atoms in total. The van der Waals surface area contributed by atoms with Gasteiger partial charge in [0.15, 0.2) is 0 Å². The van der Waals surface area contributed by atoms with E-state index in [1.54, 1.807) is 17.4 Å². The molecule has 3 aliphatic heterocycles. The molecule has 3 aliphatic rings. The van der Waals surface area contributed by atoms with Crippen LogP contribution < -0.4 is 10.1 Å². The van der Waals surface area contributed by atoms with E-state index in [-0.39, 0.29) is 40.6 Å². The Morgan fingerprint density at radius 3 is 2.64 bits per heavy atom. The summed E-state index contributed by atoms with van der Waals surface area (Å²) in [7, 11) is 0. The maximum atomic E-state index is 15.6. The minimum atomic E-state index is -3.66. The number of ether oxygens (including phenoxy) is 2. The molecular formula is C27H30FN3O5. The molecule has 36 heavy (non-hydrogen) atoms. The van der Waals surface area contributed by atoms with Crippen LogP contribution in [-0.2, 0) is 34.0 Å². The second-order valence-electron chi connectivity index (χ2n) is 8.94. The van der Waals surface area contributed by atoms with Crippen molar-refractivity contribution in [1.82, 2.24) is 15.1 Å². The lowest BCUT2D eigenvalue weighted by atomic mass is 10.0. The smallest absolute Gasteiger partial charge is 0.255 e. The number of fused-ring (bicyclic) bond motifs is 1. The Morgan fingerprint density at radius 2 is 1.86 bits per heavy atom. The van der Waals surface area contributed by atoms with Crippen LogP contribution in [0.25, 0.3) is 0 Å². The van der Waals surface area contributed by atoms with Crippen molar-refractivity contribution in [2.24, 2.45) is 0 Å². The lowest BCUT2D eigenvalue weighted by Gasteiger charge is -2.35. The molecule has 3 heterocycles. The molecule has 2 aromatic carbocycles. The first-order valence-corrected chi connectivity index (χ1v) is 11.6. The fourth-order valence-corrected chi connectivity index (χ4v) is 4.59. The summed E-state index contributed by atoms with van der Waals surface area (Å²) in [6.07, 6.45) is -7.14. The summed E-state index contributed by atoms with van der Waals surface area (Å²) in [4.78, 5) is 40.5. The maximum absolute atomic E-state index is 15.6. The van der Waals surface area contributed by atoms with E-state index in [1.807, 2.05) is 13.8 Å². The van der Waals surface area contributed by atoms with Crippen molar-refractivity contribution >= 4 is 17.7 Å². The van der Waals surface area contributed by atoms with E-state index in [0.717, 1.165) is 0 Å². The zero-order valence-corrected chi connectivity index (χ0v) is 19.8. The van der Waals surface area contributed by atoms with Gasteiger partial charge in [-0.3, -0.25) is 24.6 Å². The van der Waals surface area contributed by atoms with Crippen LogP contribution in [0.3, 0.4) is 0 Å². The number of hydrogen-bond donors (Lipinski definition) is 1. The second kappa shape index (κ2) is 9.99. The Bertz CT molecular complexity index is 1500. The zero-order valence-electron chi connectivity index (χ0n) is 26.8. The third kappa shape index (κ3) is 4.85. The van der Waals surface area contributed by atoms with Gasteiger partial charge in [0, 0.05) is 53.7 Å². The summed E-state index contributed by atoms with van der Waals surface area (Å²) in [5, 5.41) is 1.56. The highest BCUT2D eigenvalue weighted by atomic mass is 19.1. The normalized spacial score (nSPS) is 33.7. The van der Waals surface area contributed by atoms with Crippen LogP contribution in [0.15, 0.2) is 36.4 Å². The summed E-state index contributed by atoms with van der Waals surface area (Å²) in [6.45, 7) is 2.03. The van der Waals surface area contributed by atoms with Crippen LogP contribution in [0, 0.1) is 5.82 Å². The molecule has 3 amide bonds. The van der Waals surface area contributed by atoms with Crippen molar-refractivity contribution < 1.29 is 37.8 Å². The van der Waals surface area contributed by atoms with Crippen LogP contribution in [0.2, 0.25) is 0 Å². The highest BCUT2D eigenvalue weighted by Gasteiger charge is 2.40. The number of carbonyl (C=O) groups is 3. The number of amides is 3. The lowest BCUT2D eigenvalue weighted by molar-refractivity contribution is -0.136. The number of carbonyl (C=O) groups excluding carboxylic acids is 3. The molecule has 0 aliphatic carbocycles. The highest BCUT2D eigenvalue weighted by molar-refractivity contribution is 6.05. The largest absolute Gasteiger partial charge is 0.488 e. The number of rotatable bonds is 6. The minimum absolute atomic E-state index is 0.00673. The van der Waals surface area contributed by atoms with Crippen LogP contribution in [0.4, 0.5) is 4.39 Å². The fraction of sp³-hybridized carbons (Fsp3) is 0.444. The van der Waals surface area contributed by atoms with E-state index in [2.05, 4.69) is 4.90 Å². The molecule has 9 heteroatoms. The first kappa shape index (κ1) is 17.2. The van der Waals surface area contributed by atoms with Gasteiger partial charge in [-0.1, -0.05) is 24.3 Å². The monoisotopic (exact) mass is 502 g/mol. The van der Waals surface area contributed by atoms with Crippen LogP contribution in [0.1, 0.15) is 63.2 Å². The van der Waals surface area contributed by atoms with E-state index in [9.17, 15) is 14.4 Å². The average molecular weight is 503 g/mol. The number of nitrogens with zero attached hydrogens (tertiary/aromatic N) is 2. The minimum Gasteiger partial charge on any atom is -0.488 e. The topological polar surface area (TPSA) is 88.2 Å². The highest BCUT2D eigenvalue weighted by Crippen LogP contribution is 2.34. The Labute approximate surface area is 219 Å². The predicted molar refractivity (Wildman–Crippen MR) is 129 cm³/mol. The second-order valence-corrected chi connectivity index (χ2v) is 8.94. The first-order valence-electron chi connectivity index (χ1n) is 15.1. The SMILES string of the molecule is [2H]C1([2H])c2c(OCc3cccc(CN4CC(C)OC(C)C4)c3F)cccc2C(=O)N1C1([2H])C(=O)NC(=O)C([2H])([2H])C1([2H])[2H]. The third-order valence-electron chi connectivity index (χ3n) is 6.07. The average Bonchev–Trinajstić information content (AvgIpc) is 3.12. The van der Waals surface area contributed by atoms with E-state index in [0.29, 0.717) is 25.2 Å². The number of nitrogens with one attached hydrogen (secondary N) is 1. The molecule has 3 atom stereocenters.